The number of aromatic nitrogens is 2. The summed E-state index contributed by atoms with van der Waals surface area (Å²) >= 11 is 1.59. The maximum Gasteiger partial charge on any atom is 0.257 e. The van der Waals surface area contributed by atoms with Crippen LogP contribution < -0.4 is 0 Å². The fourth-order valence-corrected chi connectivity index (χ4v) is 2.28. The van der Waals surface area contributed by atoms with Crippen LogP contribution in [0.3, 0.4) is 0 Å². The molecular formula is C10H10N2O2S. The molecule has 1 aliphatic rings. The average Bonchev–Trinajstić information content (AvgIpc) is 3.02. The summed E-state index contributed by atoms with van der Waals surface area (Å²) in [5.74, 6) is 1.20. The molecule has 3 rings (SSSR count). The van der Waals surface area contributed by atoms with Gasteiger partial charge < -0.3 is 9.15 Å². The van der Waals surface area contributed by atoms with E-state index in [1.807, 2.05) is 17.5 Å². The van der Waals surface area contributed by atoms with Crippen molar-refractivity contribution in [1.29, 1.82) is 0 Å². The first-order valence-corrected chi connectivity index (χ1v) is 5.80. The Balaban J connectivity index is 1.87. The van der Waals surface area contributed by atoms with Gasteiger partial charge in [-0.3, -0.25) is 0 Å². The van der Waals surface area contributed by atoms with Gasteiger partial charge in [0, 0.05) is 6.61 Å². The highest BCUT2D eigenvalue weighted by Crippen LogP contribution is 2.30. The monoisotopic (exact) mass is 222 g/mol. The second-order valence-electron chi connectivity index (χ2n) is 3.42. The molecule has 15 heavy (non-hydrogen) atoms. The number of hydrogen-bond acceptors (Lipinski definition) is 5. The van der Waals surface area contributed by atoms with Gasteiger partial charge in [0.2, 0.25) is 5.89 Å². The standard InChI is InChI=1S/C10H10N2O2S/c1-3-7(13-5-1)9-11-12-10(14-9)8-4-2-6-15-8/h2,4,6-7H,1,3,5H2/t7-/m0/s1. The Labute approximate surface area is 90.9 Å². The first-order valence-electron chi connectivity index (χ1n) is 4.92. The van der Waals surface area contributed by atoms with Gasteiger partial charge in [-0.05, 0) is 24.3 Å². The number of hydrogen-bond donors (Lipinski definition) is 0. The third-order valence-electron chi connectivity index (χ3n) is 2.38. The van der Waals surface area contributed by atoms with Crippen LogP contribution in [0.25, 0.3) is 10.8 Å². The maximum atomic E-state index is 5.58. The van der Waals surface area contributed by atoms with Crippen molar-refractivity contribution in [3.05, 3.63) is 23.4 Å². The molecule has 0 aliphatic carbocycles. The van der Waals surface area contributed by atoms with Gasteiger partial charge in [-0.1, -0.05) is 6.07 Å². The van der Waals surface area contributed by atoms with Crippen molar-refractivity contribution in [1.82, 2.24) is 10.2 Å². The molecule has 0 N–H and O–H groups in total. The van der Waals surface area contributed by atoms with Gasteiger partial charge in [-0.15, -0.1) is 21.5 Å². The molecule has 0 radical (unpaired) electrons. The lowest BCUT2D eigenvalue weighted by molar-refractivity contribution is 0.0896. The van der Waals surface area contributed by atoms with Crippen molar-refractivity contribution in [3.63, 3.8) is 0 Å². The van der Waals surface area contributed by atoms with E-state index in [0.717, 1.165) is 24.3 Å². The lowest BCUT2D eigenvalue weighted by Crippen LogP contribution is -1.95. The molecule has 2 aromatic heterocycles. The van der Waals surface area contributed by atoms with Crippen LogP contribution in [0.5, 0.6) is 0 Å². The highest BCUT2D eigenvalue weighted by atomic mass is 32.1. The van der Waals surface area contributed by atoms with Gasteiger partial charge in [-0.2, -0.15) is 0 Å². The predicted molar refractivity (Wildman–Crippen MR) is 55.5 cm³/mol. The second kappa shape index (κ2) is 3.75. The Morgan fingerprint density at radius 3 is 3.13 bits per heavy atom. The number of thiophene rings is 1. The van der Waals surface area contributed by atoms with Crippen LogP contribution in [0.4, 0.5) is 0 Å². The Kier molecular flexibility index (Phi) is 2.26. The van der Waals surface area contributed by atoms with Crippen LogP contribution in [-0.4, -0.2) is 16.8 Å². The summed E-state index contributed by atoms with van der Waals surface area (Å²) in [7, 11) is 0. The topological polar surface area (TPSA) is 48.2 Å². The molecule has 0 bridgehead atoms. The van der Waals surface area contributed by atoms with Crippen molar-refractivity contribution in [2.24, 2.45) is 0 Å². The van der Waals surface area contributed by atoms with E-state index in [9.17, 15) is 0 Å². The second-order valence-corrected chi connectivity index (χ2v) is 4.37. The third-order valence-corrected chi connectivity index (χ3v) is 3.24. The van der Waals surface area contributed by atoms with E-state index in [1.165, 1.54) is 0 Å². The molecule has 0 spiro atoms. The van der Waals surface area contributed by atoms with Crippen LogP contribution in [0.15, 0.2) is 21.9 Å². The number of ether oxygens (including phenoxy) is 1. The van der Waals surface area contributed by atoms with Gasteiger partial charge in [0.15, 0.2) is 0 Å². The summed E-state index contributed by atoms with van der Waals surface area (Å²) in [4.78, 5) is 1.01. The fraction of sp³-hybridized carbons (Fsp3) is 0.400. The Bertz CT molecular complexity index is 432. The van der Waals surface area contributed by atoms with Crippen LogP contribution in [0.2, 0.25) is 0 Å². The van der Waals surface area contributed by atoms with E-state index in [2.05, 4.69) is 10.2 Å². The highest BCUT2D eigenvalue weighted by molar-refractivity contribution is 7.13. The molecule has 1 fully saturated rings. The lowest BCUT2D eigenvalue weighted by atomic mass is 10.2. The van der Waals surface area contributed by atoms with E-state index in [0.29, 0.717) is 11.8 Å². The summed E-state index contributed by atoms with van der Waals surface area (Å²) in [6, 6.07) is 3.94. The summed E-state index contributed by atoms with van der Waals surface area (Å²) in [6.45, 7) is 0.793. The van der Waals surface area contributed by atoms with E-state index >= 15 is 0 Å². The van der Waals surface area contributed by atoms with Crippen molar-refractivity contribution in [2.75, 3.05) is 6.61 Å². The van der Waals surface area contributed by atoms with Gasteiger partial charge in [0.05, 0.1) is 4.88 Å². The van der Waals surface area contributed by atoms with Crippen molar-refractivity contribution in [2.45, 2.75) is 18.9 Å². The molecule has 1 aliphatic heterocycles. The van der Waals surface area contributed by atoms with E-state index in [4.69, 9.17) is 9.15 Å². The first-order chi connectivity index (χ1) is 7.43. The van der Waals surface area contributed by atoms with E-state index in [-0.39, 0.29) is 6.10 Å². The molecule has 0 unspecified atom stereocenters. The van der Waals surface area contributed by atoms with Crippen molar-refractivity contribution in [3.8, 4) is 10.8 Å². The zero-order valence-electron chi connectivity index (χ0n) is 8.05. The zero-order chi connectivity index (χ0) is 10.1. The molecule has 1 saturated heterocycles. The molecular weight excluding hydrogens is 212 g/mol. The minimum absolute atomic E-state index is 0.00575. The third kappa shape index (κ3) is 1.68. The molecule has 4 nitrogen and oxygen atoms in total. The maximum absolute atomic E-state index is 5.58. The van der Waals surface area contributed by atoms with E-state index in [1.54, 1.807) is 11.3 Å². The van der Waals surface area contributed by atoms with Gasteiger partial charge >= 0.3 is 0 Å². The molecule has 1 atom stereocenters. The van der Waals surface area contributed by atoms with Crippen LogP contribution >= 0.6 is 11.3 Å². The number of rotatable bonds is 2. The zero-order valence-corrected chi connectivity index (χ0v) is 8.87. The smallest absolute Gasteiger partial charge is 0.257 e. The van der Waals surface area contributed by atoms with Crippen molar-refractivity contribution < 1.29 is 9.15 Å². The SMILES string of the molecule is c1csc(-c2nnc([C@@H]3CCCO3)o2)c1. The lowest BCUT2D eigenvalue weighted by Gasteiger charge is -2.00. The Morgan fingerprint density at radius 1 is 1.40 bits per heavy atom. The molecule has 3 heterocycles. The van der Waals surface area contributed by atoms with E-state index < -0.39 is 0 Å². The predicted octanol–water partition coefficient (Wildman–Crippen LogP) is 2.65. The van der Waals surface area contributed by atoms with Gasteiger partial charge in [-0.25, -0.2) is 0 Å². The molecule has 0 saturated carbocycles. The molecule has 0 aromatic carbocycles. The molecule has 0 amide bonds. The summed E-state index contributed by atoms with van der Waals surface area (Å²) in [5, 5.41) is 10.0. The quantitative estimate of drug-likeness (QED) is 0.783. The first kappa shape index (κ1) is 9.06. The minimum Gasteiger partial charge on any atom is -0.417 e. The molecule has 5 heteroatoms. The summed E-state index contributed by atoms with van der Waals surface area (Å²) < 4.78 is 11.1. The van der Waals surface area contributed by atoms with Crippen LogP contribution in [-0.2, 0) is 4.74 Å². The molecule has 78 valence electrons. The van der Waals surface area contributed by atoms with Crippen LogP contribution in [0.1, 0.15) is 24.8 Å². The number of nitrogens with zero attached hydrogens (tertiary/aromatic N) is 2. The van der Waals surface area contributed by atoms with Gasteiger partial charge in [0.1, 0.15) is 6.10 Å². The van der Waals surface area contributed by atoms with Gasteiger partial charge in [0.25, 0.3) is 5.89 Å². The van der Waals surface area contributed by atoms with Crippen LogP contribution in [0, 0.1) is 0 Å². The van der Waals surface area contributed by atoms with Crippen molar-refractivity contribution >= 4 is 11.3 Å². The minimum atomic E-state index is 0.00575. The normalized spacial score (nSPS) is 20.9. The highest BCUT2D eigenvalue weighted by Gasteiger charge is 2.23. The largest absolute Gasteiger partial charge is 0.417 e. The average molecular weight is 222 g/mol. The Hall–Kier alpha value is -1.20. The summed E-state index contributed by atoms with van der Waals surface area (Å²) in [5.41, 5.74) is 0. The molecule has 2 aromatic rings. The summed E-state index contributed by atoms with van der Waals surface area (Å²) in [6.07, 6.45) is 2.05. The Morgan fingerprint density at radius 2 is 2.40 bits per heavy atom. The fourth-order valence-electron chi connectivity index (χ4n) is 1.64.